The first-order valence-corrected chi connectivity index (χ1v) is 1.05. The topological polar surface area (TPSA) is 37.3 Å². The van der Waals surface area contributed by atoms with Crippen molar-refractivity contribution >= 4 is 5.97 Å². The van der Waals surface area contributed by atoms with Gasteiger partial charge in [-0.1, -0.05) is 0 Å². The molecule has 0 aromatic rings. The summed E-state index contributed by atoms with van der Waals surface area (Å²) in [6.07, 6.45) is 0. The van der Waals surface area contributed by atoms with E-state index in [0.29, 0.717) is 0 Å². The first kappa shape index (κ1) is 9.45. The molecular weight excluding hydrogens is 123 g/mol. The molecule has 0 unspecified atom stereocenters. The average molecular weight is 126 g/mol. The molecule has 0 spiro atoms. The molecule has 0 aromatic heterocycles. The fraction of sp³-hybridized carbons (Fsp3) is 0.500. The molecule has 1 N–H and O–H groups in total. The van der Waals surface area contributed by atoms with Crippen molar-refractivity contribution in [3.05, 3.63) is 0 Å². The molecule has 0 bridgehead atoms. The van der Waals surface area contributed by atoms with Gasteiger partial charge in [-0.05, 0) is 0 Å². The van der Waals surface area contributed by atoms with E-state index >= 15 is 0 Å². The zero-order chi connectivity index (χ0) is 4.28. The minimum Gasteiger partial charge on any atom is -0.479 e. The summed E-state index contributed by atoms with van der Waals surface area (Å²) < 4.78 is 10.5. The number of aliphatic carboxylic acids is 1. The summed E-state index contributed by atoms with van der Waals surface area (Å²) in [6, 6.07) is 0. The van der Waals surface area contributed by atoms with Crippen LogP contribution >= 0.6 is 0 Å². The molecule has 0 aromatic carbocycles. The van der Waals surface area contributed by atoms with Crippen LogP contribution in [0.25, 0.3) is 0 Å². The van der Waals surface area contributed by atoms with Gasteiger partial charge in [0.25, 0.3) is 0 Å². The van der Waals surface area contributed by atoms with Crippen LogP contribution in [0.3, 0.4) is 0 Å². The van der Waals surface area contributed by atoms with E-state index in [1.807, 2.05) is 0 Å². The normalized spacial score (nSPS) is 6.17. The van der Waals surface area contributed by atoms with Gasteiger partial charge < -0.3 is 5.11 Å². The monoisotopic (exact) mass is 126 g/mol. The van der Waals surface area contributed by atoms with Crippen molar-refractivity contribution in [3.63, 3.8) is 0 Å². The van der Waals surface area contributed by atoms with Crippen molar-refractivity contribution < 1.29 is 36.0 Å². The number of carbonyl (C=O) groups is 1. The number of hydrogen-bond acceptors (Lipinski definition) is 1. The van der Waals surface area contributed by atoms with Gasteiger partial charge >= 0.3 is 5.97 Å². The van der Waals surface area contributed by atoms with Crippen LogP contribution in [0.15, 0.2) is 0 Å². The Bertz CT molecular complexity index is 46.8. The van der Waals surface area contributed by atoms with E-state index < -0.39 is 12.6 Å². The summed E-state index contributed by atoms with van der Waals surface area (Å²) in [7, 11) is 0. The SMILES string of the molecule is O=C(O)CF.[Ti]. The molecule has 0 fully saturated rings. The second-order valence-electron chi connectivity index (χ2n) is 0.527. The van der Waals surface area contributed by atoms with E-state index in [2.05, 4.69) is 0 Å². The molecule has 0 saturated carbocycles. The van der Waals surface area contributed by atoms with Gasteiger partial charge in [0.1, 0.15) is 0 Å². The van der Waals surface area contributed by atoms with Gasteiger partial charge in [-0.25, -0.2) is 9.18 Å². The summed E-state index contributed by atoms with van der Waals surface area (Å²) >= 11 is 0. The predicted molar refractivity (Wildman–Crippen MR) is 13.6 cm³/mol. The molecule has 0 heterocycles. The van der Waals surface area contributed by atoms with E-state index in [1.165, 1.54) is 0 Å². The van der Waals surface area contributed by atoms with Crippen LogP contribution in [-0.2, 0) is 26.5 Å². The van der Waals surface area contributed by atoms with E-state index in [1.54, 1.807) is 0 Å². The number of hydrogen-bond donors (Lipinski definition) is 1. The molecule has 2 nitrogen and oxygen atoms in total. The Morgan fingerprint density at radius 3 is 2.00 bits per heavy atom. The zero-order valence-corrected chi connectivity index (χ0v) is 4.50. The number of carboxylic acids is 1. The summed E-state index contributed by atoms with van der Waals surface area (Å²) in [4.78, 5) is 8.99. The van der Waals surface area contributed by atoms with Gasteiger partial charge in [-0.3, -0.25) is 0 Å². The molecular formula is C2H3FO2Ti. The minimum absolute atomic E-state index is 0. The Kier molecular flexibility index (Phi) is 8.05. The van der Waals surface area contributed by atoms with E-state index in [9.17, 15) is 4.39 Å². The average Bonchev–Trinajstić information content (AvgIpc) is 1.38. The van der Waals surface area contributed by atoms with Gasteiger partial charge in [0.2, 0.25) is 0 Å². The summed E-state index contributed by atoms with van der Waals surface area (Å²) in [5.74, 6) is -1.41. The molecule has 0 aliphatic rings. The molecule has 0 aliphatic carbocycles. The van der Waals surface area contributed by atoms with Gasteiger partial charge in [-0.2, -0.15) is 0 Å². The molecule has 6 heavy (non-hydrogen) atoms. The molecule has 0 amide bonds. The van der Waals surface area contributed by atoms with Gasteiger partial charge in [0.15, 0.2) is 6.67 Å². The Hall–Kier alpha value is 0.114. The maximum atomic E-state index is 10.5. The van der Waals surface area contributed by atoms with Crippen LogP contribution in [0.4, 0.5) is 4.39 Å². The maximum absolute atomic E-state index is 10.5. The zero-order valence-electron chi connectivity index (χ0n) is 2.94. The Morgan fingerprint density at radius 1 is 1.83 bits per heavy atom. The third kappa shape index (κ3) is 8.93. The fourth-order valence-electron chi connectivity index (χ4n) is 0. The van der Waals surface area contributed by atoms with E-state index in [-0.39, 0.29) is 21.7 Å². The molecule has 0 atom stereocenters. The van der Waals surface area contributed by atoms with Crippen LogP contribution < -0.4 is 0 Å². The number of carboxylic acid groups (broad SMARTS) is 1. The molecule has 34 valence electrons. The summed E-state index contributed by atoms with van der Waals surface area (Å²) in [6.45, 7) is -1.28. The smallest absolute Gasteiger partial charge is 0.335 e. The molecule has 0 aliphatic heterocycles. The second-order valence-corrected chi connectivity index (χ2v) is 0.527. The third-order valence-corrected chi connectivity index (χ3v) is 0.114. The fourth-order valence-corrected chi connectivity index (χ4v) is 0. The quantitative estimate of drug-likeness (QED) is 0.503. The van der Waals surface area contributed by atoms with Crippen molar-refractivity contribution in [1.82, 2.24) is 0 Å². The molecule has 0 saturated heterocycles. The predicted octanol–water partition coefficient (Wildman–Crippen LogP) is 0.0380. The first-order chi connectivity index (χ1) is 2.27. The number of halogens is 1. The van der Waals surface area contributed by atoms with Gasteiger partial charge in [0, 0.05) is 21.7 Å². The molecule has 4 heteroatoms. The van der Waals surface area contributed by atoms with Crippen molar-refractivity contribution in [2.75, 3.05) is 6.67 Å². The van der Waals surface area contributed by atoms with Crippen molar-refractivity contribution in [1.29, 1.82) is 0 Å². The maximum Gasteiger partial charge on any atom is 0.335 e. The van der Waals surface area contributed by atoms with Gasteiger partial charge in [-0.15, -0.1) is 0 Å². The molecule has 0 rings (SSSR count). The summed E-state index contributed by atoms with van der Waals surface area (Å²) in [5.41, 5.74) is 0. The standard InChI is InChI=1S/C2H3FO2.Ti/c3-1-2(4)5;/h1H2,(H,4,5);. The Balaban J connectivity index is 0. The third-order valence-electron chi connectivity index (χ3n) is 0.114. The number of rotatable bonds is 1. The Morgan fingerprint density at radius 2 is 2.00 bits per heavy atom. The summed E-state index contributed by atoms with van der Waals surface area (Å²) in [5, 5.41) is 7.35. The van der Waals surface area contributed by atoms with Crippen molar-refractivity contribution in [2.45, 2.75) is 0 Å². The van der Waals surface area contributed by atoms with Crippen molar-refractivity contribution in [3.8, 4) is 0 Å². The largest absolute Gasteiger partial charge is 0.479 e. The van der Waals surface area contributed by atoms with E-state index in [0.717, 1.165) is 0 Å². The van der Waals surface area contributed by atoms with Crippen LogP contribution in [0.1, 0.15) is 0 Å². The first-order valence-electron chi connectivity index (χ1n) is 1.05. The van der Waals surface area contributed by atoms with E-state index in [4.69, 9.17) is 9.90 Å². The van der Waals surface area contributed by atoms with Crippen LogP contribution in [-0.4, -0.2) is 17.8 Å². The van der Waals surface area contributed by atoms with Crippen LogP contribution in [0, 0.1) is 0 Å². The van der Waals surface area contributed by atoms with Gasteiger partial charge in [0.05, 0.1) is 0 Å². The molecule has 0 radical (unpaired) electrons. The van der Waals surface area contributed by atoms with Crippen LogP contribution in [0.5, 0.6) is 0 Å². The van der Waals surface area contributed by atoms with Crippen LogP contribution in [0.2, 0.25) is 0 Å². The number of alkyl halides is 1. The Labute approximate surface area is 49.2 Å². The van der Waals surface area contributed by atoms with Crippen molar-refractivity contribution in [2.24, 2.45) is 0 Å². The minimum atomic E-state index is -1.41. The second kappa shape index (κ2) is 5.11.